The van der Waals surface area contributed by atoms with Crippen molar-refractivity contribution in [2.75, 3.05) is 26.4 Å². The lowest BCUT2D eigenvalue weighted by Gasteiger charge is -2.23. The minimum atomic E-state index is -1.13. The largest absolute Gasteiger partial charge is 0.478 e. The van der Waals surface area contributed by atoms with E-state index in [1.165, 1.54) is 36.4 Å². The molecule has 0 fully saturated rings. The van der Waals surface area contributed by atoms with Crippen molar-refractivity contribution in [1.82, 2.24) is 0 Å². The van der Waals surface area contributed by atoms with Crippen molar-refractivity contribution in [2.24, 2.45) is 5.41 Å². The first-order chi connectivity index (χ1) is 15.5. The van der Waals surface area contributed by atoms with Gasteiger partial charge in [0.15, 0.2) is 0 Å². The lowest BCUT2D eigenvalue weighted by atomic mass is 9.93. The molecule has 0 unspecified atom stereocenters. The summed E-state index contributed by atoms with van der Waals surface area (Å²) in [5, 5.41) is 68.0. The third-order valence-corrected chi connectivity index (χ3v) is 4.05. The molecule has 2 rings (SSSR count). The Hall–Kier alpha value is -3.84. The van der Waals surface area contributed by atoms with Gasteiger partial charge < -0.3 is 40.9 Å². The molecule has 33 heavy (non-hydrogen) atoms. The van der Waals surface area contributed by atoms with Gasteiger partial charge in [-0.3, -0.25) is 0 Å². The van der Waals surface area contributed by atoms with Gasteiger partial charge in [0.2, 0.25) is 0 Å². The number of carboxylic acids is 4. The van der Waals surface area contributed by atoms with Gasteiger partial charge in [-0.25, -0.2) is 19.2 Å². The van der Waals surface area contributed by atoms with E-state index in [0.29, 0.717) is 0 Å². The van der Waals surface area contributed by atoms with E-state index < -0.39 is 55.7 Å². The van der Waals surface area contributed by atoms with Crippen LogP contribution < -0.4 is 0 Å². The van der Waals surface area contributed by atoms with E-state index in [0.717, 1.165) is 12.1 Å². The quantitative estimate of drug-likeness (QED) is 0.258. The van der Waals surface area contributed by atoms with Crippen molar-refractivity contribution in [3.63, 3.8) is 0 Å². The molecule has 0 bridgehead atoms. The summed E-state index contributed by atoms with van der Waals surface area (Å²) in [6.45, 7) is -1.62. The van der Waals surface area contributed by atoms with Crippen LogP contribution in [0.25, 0.3) is 0 Å². The summed E-state index contributed by atoms with van der Waals surface area (Å²) in [6.07, 6.45) is 0. The number of aliphatic hydroxyl groups excluding tert-OH is 4. The molecule has 0 amide bonds. The van der Waals surface area contributed by atoms with E-state index >= 15 is 0 Å². The highest BCUT2D eigenvalue weighted by Crippen LogP contribution is 2.12. The van der Waals surface area contributed by atoms with Gasteiger partial charge in [0.25, 0.3) is 0 Å². The Balaban J connectivity index is 0.000000472. The summed E-state index contributed by atoms with van der Waals surface area (Å²) < 4.78 is 0. The Morgan fingerprint density at radius 2 is 0.727 bits per heavy atom. The van der Waals surface area contributed by atoms with Crippen LogP contribution in [0.1, 0.15) is 41.4 Å². The van der Waals surface area contributed by atoms with Gasteiger partial charge in [-0.05, 0) is 36.4 Å². The van der Waals surface area contributed by atoms with Gasteiger partial charge in [0.1, 0.15) is 0 Å². The molecule has 2 aromatic rings. The summed E-state index contributed by atoms with van der Waals surface area (Å²) in [5.74, 6) is -4.51. The number of carboxylic acid groups (broad SMARTS) is 4. The number of rotatable bonds is 8. The third-order valence-electron chi connectivity index (χ3n) is 4.05. The summed E-state index contributed by atoms with van der Waals surface area (Å²) in [7, 11) is 0. The zero-order valence-electron chi connectivity index (χ0n) is 17.2. The van der Waals surface area contributed by atoms with E-state index in [1.54, 1.807) is 0 Å². The van der Waals surface area contributed by atoms with Gasteiger partial charge in [0, 0.05) is 0 Å². The van der Waals surface area contributed by atoms with Crippen molar-refractivity contribution in [1.29, 1.82) is 0 Å². The smallest absolute Gasteiger partial charge is 0.335 e. The molecule has 0 aliphatic rings. The van der Waals surface area contributed by atoms with Crippen LogP contribution in [-0.2, 0) is 0 Å². The fourth-order valence-electron chi connectivity index (χ4n) is 1.87. The minimum Gasteiger partial charge on any atom is -0.478 e. The molecule has 0 saturated heterocycles. The van der Waals surface area contributed by atoms with Crippen molar-refractivity contribution >= 4 is 23.9 Å². The first-order valence-corrected chi connectivity index (χ1v) is 9.03. The number of aromatic carboxylic acids is 4. The van der Waals surface area contributed by atoms with Crippen LogP contribution in [0.4, 0.5) is 0 Å². The highest BCUT2D eigenvalue weighted by Gasteiger charge is 2.26. The van der Waals surface area contributed by atoms with Crippen LogP contribution in [0.15, 0.2) is 48.5 Å². The maximum atomic E-state index is 10.4. The first kappa shape index (κ1) is 29.2. The molecule has 0 spiro atoms. The molecule has 0 saturated carbocycles. The molecule has 180 valence electrons. The molecule has 0 heterocycles. The lowest BCUT2D eigenvalue weighted by molar-refractivity contribution is -0.0328. The van der Waals surface area contributed by atoms with Crippen molar-refractivity contribution in [3.05, 3.63) is 70.8 Å². The van der Waals surface area contributed by atoms with Gasteiger partial charge in [-0.2, -0.15) is 0 Å². The van der Waals surface area contributed by atoms with E-state index in [4.69, 9.17) is 40.9 Å². The molecule has 12 heteroatoms. The van der Waals surface area contributed by atoms with Gasteiger partial charge in [0.05, 0.1) is 54.1 Å². The zero-order chi connectivity index (χ0) is 25.6. The number of hydrogen-bond donors (Lipinski definition) is 8. The monoisotopic (exact) mass is 468 g/mol. The fraction of sp³-hybridized carbons (Fsp3) is 0.238. The van der Waals surface area contributed by atoms with Gasteiger partial charge in [-0.1, -0.05) is 12.1 Å². The molecule has 0 aliphatic heterocycles. The number of benzene rings is 2. The Kier molecular flexibility index (Phi) is 12.6. The number of aliphatic hydroxyl groups is 4. The predicted molar refractivity (Wildman–Crippen MR) is 111 cm³/mol. The number of carbonyl (C=O) groups is 4. The van der Waals surface area contributed by atoms with E-state index in [9.17, 15) is 19.2 Å². The molecule has 2 aromatic carbocycles. The van der Waals surface area contributed by atoms with E-state index in [2.05, 4.69) is 0 Å². The average Bonchev–Trinajstić information content (AvgIpc) is 2.82. The molecular weight excluding hydrogens is 444 g/mol. The fourth-order valence-corrected chi connectivity index (χ4v) is 1.87. The normalized spacial score (nSPS) is 10.1. The van der Waals surface area contributed by atoms with Gasteiger partial charge in [-0.15, -0.1) is 0 Å². The van der Waals surface area contributed by atoms with Crippen LogP contribution in [-0.4, -0.2) is 91.2 Å². The maximum Gasteiger partial charge on any atom is 0.335 e. The van der Waals surface area contributed by atoms with Gasteiger partial charge >= 0.3 is 23.9 Å². The third kappa shape index (κ3) is 9.88. The Labute approximate surface area is 187 Å². The van der Waals surface area contributed by atoms with E-state index in [1.807, 2.05) is 0 Å². The molecule has 8 N–H and O–H groups in total. The van der Waals surface area contributed by atoms with Crippen molar-refractivity contribution in [3.8, 4) is 0 Å². The maximum absolute atomic E-state index is 10.4. The molecule has 0 radical (unpaired) electrons. The van der Waals surface area contributed by atoms with E-state index in [-0.39, 0.29) is 22.3 Å². The van der Waals surface area contributed by atoms with Crippen molar-refractivity contribution < 1.29 is 60.0 Å². The second kappa shape index (κ2) is 14.3. The zero-order valence-corrected chi connectivity index (χ0v) is 17.2. The second-order valence-corrected chi connectivity index (χ2v) is 6.51. The summed E-state index contributed by atoms with van der Waals surface area (Å²) in [6, 6.07) is 10.4. The molecule has 0 atom stereocenters. The highest BCUT2D eigenvalue weighted by molar-refractivity contribution is 5.94. The Morgan fingerprint density at radius 1 is 0.515 bits per heavy atom. The lowest BCUT2D eigenvalue weighted by Crippen LogP contribution is -2.37. The molecule has 0 aliphatic carbocycles. The van der Waals surface area contributed by atoms with Crippen LogP contribution in [0.2, 0.25) is 0 Å². The Morgan fingerprint density at radius 3 is 0.848 bits per heavy atom. The first-order valence-electron chi connectivity index (χ1n) is 9.03. The molecular formula is C21H24O12. The van der Waals surface area contributed by atoms with Crippen LogP contribution in [0.5, 0.6) is 0 Å². The number of hydrogen-bond acceptors (Lipinski definition) is 8. The summed E-state index contributed by atoms with van der Waals surface area (Å²) in [4.78, 5) is 41.5. The van der Waals surface area contributed by atoms with Crippen LogP contribution in [0.3, 0.4) is 0 Å². The highest BCUT2D eigenvalue weighted by atomic mass is 16.4. The van der Waals surface area contributed by atoms with Crippen LogP contribution >= 0.6 is 0 Å². The Bertz CT molecular complexity index is 806. The average molecular weight is 468 g/mol. The predicted octanol–water partition coefficient (Wildman–Crippen LogP) is 0.108. The minimum absolute atomic E-state index is 0.0186. The molecule has 12 nitrogen and oxygen atoms in total. The topological polar surface area (TPSA) is 230 Å². The molecule has 0 aromatic heterocycles. The second-order valence-electron chi connectivity index (χ2n) is 6.51. The van der Waals surface area contributed by atoms with Crippen LogP contribution in [0, 0.1) is 5.41 Å². The standard InChI is InChI=1S/2C8H6O4.C5H12O4/c2*9-7(10)5-2-1-3-6(4-5)8(11)12;6-1-5(2-7,3-8)4-9/h2*1-4H,(H,9,10)(H,11,12);6-9H,1-4H2. The van der Waals surface area contributed by atoms with Crippen molar-refractivity contribution in [2.45, 2.75) is 0 Å². The summed E-state index contributed by atoms with van der Waals surface area (Å²) >= 11 is 0. The summed E-state index contributed by atoms with van der Waals surface area (Å²) in [5.41, 5.74) is -1.19. The SMILES string of the molecule is O=C(O)c1cccc(C(=O)O)c1.O=C(O)c1cccc(C(=O)O)c1.OCC(CO)(CO)CO.